The molecule has 29 heavy (non-hydrogen) atoms. The van der Waals surface area contributed by atoms with Gasteiger partial charge in [0, 0.05) is 28.9 Å². The molecular weight excluding hydrogens is 384 g/mol. The number of hydrogen-bond acceptors (Lipinski definition) is 6. The van der Waals surface area contributed by atoms with Crippen molar-refractivity contribution in [1.82, 2.24) is 15.0 Å². The van der Waals surface area contributed by atoms with E-state index in [1.165, 1.54) is 6.20 Å². The van der Waals surface area contributed by atoms with Gasteiger partial charge in [-0.2, -0.15) is 4.98 Å². The second kappa shape index (κ2) is 7.29. The summed E-state index contributed by atoms with van der Waals surface area (Å²) in [5, 5.41) is 12.8. The molecule has 0 atom stereocenters. The van der Waals surface area contributed by atoms with Gasteiger partial charge in [0.2, 0.25) is 5.88 Å². The lowest BCUT2D eigenvalue weighted by atomic mass is 10.2. The molecule has 4 aromatic heterocycles. The average Bonchev–Trinajstić information content (AvgIpc) is 3.21. The van der Waals surface area contributed by atoms with E-state index >= 15 is 0 Å². The van der Waals surface area contributed by atoms with Gasteiger partial charge in [0.05, 0.1) is 11.5 Å². The summed E-state index contributed by atoms with van der Waals surface area (Å²) in [6.45, 7) is 0. The summed E-state index contributed by atoms with van der Waals surface area (Å²) in [7, 11) is 0. The summed E-state index contributed by atoms with van der Waals surface area (Å²) in [5.41, 5.74) is 1.86. The Morgan fingerprint density at radius 3 is 2.52 bits per heavy atom. The molecule has 7 heteroatoms. The molecule has 5 rings (SSSR count). The van der Waals surface area contributed by atoms with E-state index in [0.29, 0.717) is 16.4 Å². The van der Waals surface area contributed by atoms with E-state index in [9.17, 15) is 5.21 Å². The highest BCUT2D eigenvalue weighted by Crippen LogP contribution is 2.38. The number of thiophene rings is 1. The number of benzene rings is 1. The Balaban J connectivity index is 1.69. The molecule has 1 aromatic carbocycles. The predicted molar refractivity (Wildman–Crippen MR) is 112 cm³/mol. The molecule has 0 spiro atoms. The fourth-order valence-electron chi connectivity index (χ4n) is 2.93. The first-order chi connectivity index (χ1) is 14.3. The zero-order valence-electron chi connectivity index (χ0n) is 15.1. The van der Waals surface area contributed by atoms with Gasteiger partial charge in [-0.05, 0) is 29.8 Å². The van der Waals surface area contributed by atoms with Gasteiger partial charge in [0.1, 0.15) is 4.83 Å². The van der Waals surface area contributed by atoms with Gasteiger partial charge in [0.15, 0.2) is 12.0 Å². The van der Waals surface area contributed by atoms with Crippen LogP contribution in [0.25, 0.3) is 32.0 Å². The minimum Gasteiger partial charge on any atom is -0.616 e. The topological polar surface area (TPSA) is 74.8 Å². The van der Waals surface area contributed by atoms with E-state index in [-0.39, 0.29) is 5.88 Å². The highest BCUT2D eigenvalue weighted by molar-refractivity contribution is 7.21. The number of pyridine rings is 2. The van der Waals surface area contributed by atoms with Crippen LogP contribution in [0.4, 0.5) is 0 Å². The number of rotatable bonds is 4. The van der Waals surface area contributed by atoms with Crippen molar-refractivity contribution in [3.63, 3.8) is 0 Å². The zero-order valence-corrected chi connectivity index (χ0v) is 15.9. The summed E-state index contributed by atoms with van der Waals surface area (Å²) in [6.07, 6.45) is 4.79. The van der Waals surface area contributed by atoms with Gasteiger partial charge in [-0.3, -0.25) is 4.98 Å². The minimum atomic E-state index is 0.150. The fourth-order valence-corrected chi connectivity index (χ4v) is 3.96. The molecule has 5 aromatic rings. The molecule has 0 bridgehead atoms. The van der Waals surface area contributed by atoms with Gasteiger partial charge in [-0.25, -0.2) is 4.98 Å². The first kappa shape index (κ1) is 17.3. The maximum atomic E-state index is 12.1. The number of ether oxygens (including phenoxy) is 1. The Labute approximate surface area is 170 Å². The van der Waals surface area contributed by atoms with Crippen molar-refractivity contribution in [2.24, 2.45) is 0 Å². The Morgan fingerprint density at radius 2 is 1.72 bits per heavy atom. The van der Waals surface area contributed by atoms with Crippen LogP contribution in [0.3, 0.4) is 0 Å². The Morgan fingerprint density at radius 1 is 0.897 bits per heavy atom. The Kier molecular flexibility index (Phi) is 4.34. The minimum absolute atomic E-state index is 0.150. The molecule has 0 N–H and O–H groups in total. The lowest BCUT2D eigenvalue weighted by Crippen LogP contribution is -2.26. The average molecular weight is 398 g/mol. The number of fused-ring (bicyclic) bond motifs is 1. The normalized spacial score (nSPS) is 10.9. The second-order valence-electron chi connectivity index (χ2n) is 6.26. The summed E-state index contributed by atoms with van der Waals surface area (Å²) >= 11 is 1.55. The van der Waals surface area contributed by atoms with E-state index in [1.54, 1.807) is 41.9 Å². The smallest absolute Gasteiger partial charge is 0.386 e. The van der Waals surface area contributed by atoms with Gasteiger partial charge < -0.3 is 9.94 Å². The van der Waals surface area contributed by atoms with E-state index in [0.717, 1.165) is 26.2 Å². The van der Waals surface area contributed by atoms with Crippen LogP contribution in [0, 0.1) is 5.21 Å². The zero-order chi connectivity index (χ0) is 19.6. The van der Waals surface area contributed by atoms with Crippen LogP contribution in [-0.2, 0) is 0 Å². The van der Waals surface area contributed by atoms with Crippen LogP contribution in [0.1, 0.15) is 0 Å². The third kappa shape index (κ3) is 3.39. The Bertz CT molecular complexity index is 1290. The second-order valence-corrected chi connectivity index (χ2v) is 7.29. The molecule has 0 aliphatic carbocycles. The Hall–Kier alpha value is -3.84. The lowest BCUT2D eigenvalue weighted by Gasteiger charge is -2.07. The fraction of sp³-hybridized carbons (Fsp3) is 0. The molecule has 0 saturated heterocycles. The first-order valence-corrected chi connectivity index (χ1v) is 9.73. The van der Waals surface area contributed by atoms with Crippen molar-refractivity contribution >= 4 is 21.6 Å². The van der Waals surface area contributed by atoms with Gasteiger partial charge in [-0.15, -0.1) is 16.1 Å². The van der Waals surface area contributed by atoms with E-state index in [1.807, 2.05) is 48.5 Å². The number of aromatic nitrogens is 4. The van der Waals surface area contributed by atoms with Gasteiger partial charge >= 0.3 is 5.88 Å². The standard InChI is InChI=1S/C22H14N4O2S/c27-26-12-5-4-10-19(26)28-21-17-13-18(15-7-2-1-3-8-15)29-22(17)25-20(24-21)16-9-6-11-23-14-16/h1-14H. The summed E-state index contributed by atoms with van der Waals surface area (Å²) < 4.78 is 6.59. The monoisotopic (exact) mass is 398 g/mol. The summed E-state index contributed by atoms with van der Waals surface area (Å²) in [6, 6.07) is 20.8. The molecule has 140 valence electrons. The SMILES string of the molecule is [O-][n+]1ccccc1Oc1nc(-c2cccnc2)nc2sc(-c3ccccc3)cc12. The molecule has 0 unspecified atom stereocenters. The van der Waals surface area contributed by atoms with Crippen molar-refractivity contribution in [3.8, 4) is 33.6 Å². The molecule has 0 aliphatic rings. The third-order valence-corrected chi connectivity index (χ3v) is 5.40. The van der Waals surface area contributed by atoms with Crippen molar-refractivity contribution in [3.05, 3.63) is 90.5 Å². The third-order valence-electron chi connectivity index (χ3n) is 4.33. The molecule has 0 saturated carbocycles. The van der Waals surface area contributed by atoms with Crippen LogP contribution in [-0.4, -0.2) is 15.0 Å². The lowest BCUT2D eigenvalue weighted by molar-refractivity contribution is -0.611. The van der Waals surface area contributed by atoms with E-state index < -0.39 is 0 Å². The summed E-state index contributed by atoms with van der Waals surface area (Å²) in [4.78, 5) is 15.3. The van der Waals surface area contributed by atoms with Gasteiger partial charge in [-0.1, -0.05) is 30.3 Å². The molecule has 6 nitrogen and oxygen atoms in total. The van der Waals surface area contributed by atoms with Crippen LogP contribution >= 0.6 is 11.3 Å². The number of hydrogen-bond donors (Lipinski definition) is 0. The van der Waals surface area contributed by atoms with E-state index in [4.69, 9.17) is 9.72 Å². The molecule has 0 aliphatic heterocycles. The molecule has 0 amide bonds. The number of nitrogens with zero attached hydrogens (tertiary/aromatic N) is 4. The molecule has 0 radical (unpaired) electrons. The van der Waals surface area contributed by atoms with Crippen LogP contribution in [0.5, 0.6) is 11.8 Å². The van der Waals surface area contributed by atoms with Gasteiger partial charge in [0.25, 0.3) is 0 Å². The molecule has 4 heterocycles. The molecular formula is C22H14N4O2S. The highest BCUT2D eigenvalue weighted by atomic mass is 32.1. The van der Waals surface area contributed by atoms with Crippen molar-refractivity contribution < 1.29 is 9.47 Å². The largest absolute Gasteiger partial charge is 0.616 e. The quantitative estimate of drug-likeness (QED) is 0.320. The van der Waals surface area contributed by atoms with Crippen molar-refractivity contribution in [2.75, 3.05) is 0 Å². The van der Waals surface area contributed by atoms with Crippen LogP contribution in [0.2, 0.25) is 0 Å². The van der Waals surface area contributed by atoms with E-state index in [2.05, 4.69) is 9.97 Å². The van der Waals surface area contributed by atoms with Crippen LogP contribution in [0.15, 0.2) is 85.3 Å². The summed E-state index contributed by atoms with van der Waals surface area (Å²) in [5.74, 6) is 0.982. The van der Waals surface area contributed by atoms with Crippen molar-refractivity contribution in [2.45, 2.75) is 0 Å². The highest BCUT2D eigenvalue weighted by Gasteiger charge is 2.18. The predicted octanol–water partition coefficient (Wildman–Crippen LogP) is 4.85. The van der Waals surface area contributed by atoms with Crippen molar-refractivity contribution in [1.29, 1.82) is 0 Å². The first-order valence-electron chi connectivity index (χ1n) is 8.91. The maximum Gasteiger partial charge on any atom is 0.386 e. The van der Waals surface area contributed by atoms with Crippen LogP contribution < -0.4 is 9.47 Å². The molecule has 0 fully saturated rings. The maximum absolute atomic E-state index is 12.1.